The molecule has 2 aromatic carbocycles. The molecule has 188 valence electrons. The zero-order valence-electron chi connectivity index (χ0n) is 22.1. The monoisotopic (exact) mass is 487 g/mol. The predicted octanol–water partition coefficient (Wildman–Crippen LogP) is 4.42. The summed E-state index contributed by atoms with van der Waals surface area (Å²) in [5.74, 6) is 0.871. The van der Waals surface area contributed by atoms with Gasteiger partial charge in [0.2, 0.25) is 0 Å². The highest BCUT2D eigenvalue weighted by Gasteiger charge is 2.19. The smallest absolute Gasteiger partial charge is 0.251 e. The standard InChI is InChI=1S/C27H41N3O3S/c1-20-17-25(32-8)18-21(2)26(20)34-30(7)15-16-33-22(3)27(31)29(6)19-24-11-9-23(10-12-24)13-14-28(4)5/h9-12,17-18,22H,13-16,19H2,1-8H3. The molecule has 2 aromatic rings. The lowest BCUT2D eigenvalue weighted by atomic mass is 10.1. The molecule has 0 radical (unpaired) electrons. The third-order valence-corrected chi connectivity index (χ3v) is 7.03. The summed E-state index contributed by atoms with van der Waals surface area (Å²) < 4.78 is 13.4. The summed E-state index contributed by atoms with van der Waals surface area (Å²) in [5, 5.41) is 0. The average Bonchev–Trinajstić information content (AvgIpc) is 2.80. The Morgan fingerprint density at radius 1 is 0.971 bits per heavy atom. The Balaban J connectivity index is 1.77. The van der Waals surface area contributed by atoms with Crippen molar-refractivity contribution >= 4 is 17.9 Å². The van der Waals surface area contributed by atoms with E-state index in [0.717, 1.165) is 24.3 Å². The second kappa shape index (κ2) is 13.7. The van der Waals surface area contributed by atoms with E-state index in [1.807, 2.05) is 33.2 Å². The van der Waals surface area contributed by atoms with Gasteiger partial charge in [-0.05, 0) is 94.7 Å². The third kappa shape index (κ3) is 8.95. The van der Waals surface area contributed by atoms with Crippen LogP contribution in [0.15, 0.2) is 41.3 Å². The van der Waals surface area contributed by atoms with Crippen LogP contribution in [-0.4, -0.2) is 81.1 Å². The summed E-state index contributed by atoms with van der Waals surface area (Å²) >= 11 is 1.69. The van der Waals surface area contributed by atoms with E-state index >= 15 is 0 Å². The highest BCUT2D eigenvalue weighted by molar-refractivity contribution is 7.97. The van der Waals surface area contributed by atoms with Gasteiger partial charge in [0.25, 0.3) is 5.91 Å². The van der Waals surface area contributed by atoms with E-state index in [1.54, 1.807) is 24.0 Å². The fourth-order valence-electron chi connectivity index (χ4n) is 3.63. The predicted molar refractivity (Wildman–Crippen MR) is 142 cm³/mol. The molecule has 0 bridgehead atoms. The fraction of sp³-hybridized carbons (Fsp3) is 0.519. The fourth-order valence-corrected chi connectivity index (χ4v) is 4.51. The van der Waals surface area contributed by atoms with Crippen LogP contribution in [0.25, 0.3) is 0 Å². The molecule has 0 aliphatic carbocycles. The minimum atomic E-state index is -0.479. The lowest BCUT2D eigenvalue weighted by molar-refractivity contribution is -0.141. The normalized spacial score (nSPS) is 12.3. The van der Waals surface area contributed by atoms with Gasteiger partial charge in [0, 0.05) is 31.6 Å². The molecule has 7 heteroatoms. The lowest BCUT2D eigenvalue weighted by Gasteiger charge is -2.23. The quantitative estimate of drug-likeness (QED) is 0.390. The van der Waals surface area contributed by atoms with Crippen molar-refractivity contribution in [1.29, 1.82) is 0 Å². The maximum atomic E-state index is 12.8. The molecule has 1 amide bonds. The molecule has 0 aliphatic heterocycles. The number of likely N-dealkylation sites (N-methyl/N-ethyl adjacent to an activating group) is 3. The van der Waals surface area contributed by atoms with E-state index < -0.39 is 6.10 Å². The number of methoxy groups -OCH3 is 1. The van der Waals surface area contributed by atoms with Crippen molar-refractivity contribution in [3.05, 3.63) is 58.7 Å². The number of aryl methyl sites for hydroxylation is 2. The molecule has 0 fully saturated rings. The van der Waals surface area contributed by atoms with Crippen LogP contribution in [0.2, 0.25) is 0 Å². The van der Waals surface area contributed by atoms with Gasteiger partial charge in [-0.1, -0.05) is 24.3 Å². The van der Waals surface area contributed by atoms with Crippen molar-refractivity contribution < 1.29 is 14.3 Å². The number of hydrogen-bond donors (Lipinski definition) is 0. The Bertz CT molecular complexity index is 895. The molecule has 0 aliphatic rings. The molecule has 0 saturated heterocycles. The van der Waals surface area contributed by atoms with E-state index in [-0.39, 0.29) is 5.91 Å². The van der Waals surface area contributed by atoms with Gasteiger partial charge in [0.1, 0.15) is 11.9 Å². The Morgan fingerprint density at radius 3 is 2.12 bits per heavy atom. The minimum absolute atomic E-state index is 0.00571. The maximum absolute atomic E-state index is 12.8. The molecule has 2 rings (SSSR count). The van der Waals surface area contributed by atoms with Crippen LogP contribution in [0.5, 0.6) is 5.75 Å². The summed E-state index contributed by atoms with van der Waals surface area (Å²) in [7, 11) is 9.72. The Hall–Kier alpha value is -2.06. The molecule has 0 aromatic heterocycles. The van der Waals surface area contributed by atoms with E-state index in [1.165, 1.54) is 21.6 Å². The van der Waals surface area contributed by atoms with Crippen molar-refractivity contribution in [2.45, 2.75) is 44.7 Å². The second-order valence-corrected chi connectivity index (χ2v) is 10.3. The molecule has 0 heterocycles. The first-order valence-corrected chi connectivity index (χ1v) is 12.5. The summed E-state index contributed by atoms with van der Waals surface area (Å²) in [6.45, 7) is 8.82. The van der Waals surface area contributed by atoms with Gasteiger partial charge in [-0.25, -0.2) is 4.31 Å². The largest absolute Gasteiger partial charge is 0.497 e. The number of hydrogen-bond acceptors (Lipinski definition) is 6. The Morgan fingerprint density at radius 2 is 1.56 bits per heavy atom. The van der Waals surface area contributed by atoms with Gasteiger partial charge in [-0.3, -0.25) is 4.79 Å². The van der Waals surface area contributed by atoms with Crippen molar-refractivity contribution in [3.8, 4) is 5.75 Å². The number of carbonyl (C=O) groups excluding carboxylic acids is 1. The number of carbonyl (C=O) groups is 1. The molecular formula is C27H41N3O3S. The zero-order valence-corrected chi connectivity index (χ0v) is 22.9. The molecule has 0 saturated carbocycles. The van der Waals surface area contributed by atoms with Gasteiger partial charge >= 0.3 is 0 Å². The molecule has 0 N–H and O–H groups in total. The van der Waals surface area contributed by atoms with E-state index in [0.29, 0.717) is 19.7 Å². The topological polar surface area (TPSA) is 45.3 Å². The number of rotatable bonds is 13. The first-order valence-electron chi connectivity index (χ1n) is 11.7. The number of nitrogens with zero attached hydrogens (tertiary/aromatic N) is 3. The Kier molecular flexibility index (Phi) is 11.4. The SMILES string of the molecule is COc1cc(C)c(SN(C)CCOC(C)C(=O)N(C)Cc2ccc(CCN(C)C)cc2)c(C)c1. The van der Waals surface area contributed by atoms with Crippen LogP contribution in [-0.2, 0) is 22.5 Å². The molecule has 1 atom stereocenters. The van der Waals surface area contributed by atoms with Crippen LogP contribution in [0, 0.1) is 13.8 Å². The summed E-state index contributed by atoms with van der Waals surface area (Å²) in [6.07, 6.45) is 0.546. The van der Waals surface area contributed by atoms with Gasteiger partial charge in [0.05, 0.1) is 13.7 Å². The summed E-state index contributed by atoms with van der Waals surface area (Å²) in [6, 6.07) is 12.6. The van der Waals surface area contributed by atoms with Crippen LogP contribution in [0.4, 0.5) is 0 Å². The maximum Gasteiger partial charge on any atom is 0.251 e. The summed E-state index contributed by atoms with van der Waals surface area (Å²) in [5.41, 5.74) is 4.80. The van der Waals surface area contributed by atoms with Crippen LogP contribution < -0.4 is 4.74 Å². The van der Waals surface area contributed by atoms with Gasteiger partial charge < -0.3 is 19.3 Å². The van der Waals surface area contributed by atoms with E-state index in [4.69, 9.17) is 9.47 Å². The molecule has 0 spiro atoms. The number of benzene rings is 2. The van der Waals surface area contributed by atoms with E-state index in [9.17, 15) is 4.79 Å². The minimum Gasteiger partial charge on any atom is -0.497 e. The lowest BCUT2D eigenvalue weighted by Crippen LogP contribution is -2.36. The van der Waals surface area contributed by atoms with Crippen molar-refractivity contribution in [1.82, 2.24) is 14.1 Å². The van der Waals surface area contributed by atoms with Gasteiger partial charge in [-0.2, -0.15) is 0 Å². The molecular weight excluding hydrogens is 446 g/mol. The highest BCUT2D eigenvalue weighted by atomic mass is 32.2. The Labute approximate surface area is 210 Å². The second-order valence-electron chi connectivity index (χ2n) is 9.11. The summed E-state index contributed by atoms with van der Waals surface area (Å²) in [4.78, 5) is 17.9. The number of amides is 1. The zero-order chi connectivity index (χ0) is 25.3. The van der Waals surface area contributed by atoms with Crippen LogP contribution in [0.1, 0.15) is 29.2 Å². The van der Waals surface area contributed by atoms with Crippen LogP contribution in [0.3, 0.4) is 0 Å². The van der Waals surface area contributed by atoms with Gasteiger partial charge in [0.15, 0.2) is 0 Å². The van der Waals surface area contributed by atoms with E-state index in [2.05, 4.69) is 61.4 Å². The average molecular weight is 488 g/mol. The third-order valence-electron chi connectivity index (χ3n) is 5.71. The van der Waals surface area contributed by atoms with Crippen LogP contribution >= 0.6 is 11.9 Å². The van der Waals surface area contributed by atoms with Crippen molar-refractivity contribution in [3.63, 3.8) is 0 Å². The van der Waals surface area contributed by atoms with Gasteiger partial charge in [-0.15, -0.1) is 0 Å². The number of ether oxygens (including phenoxy) is 2. The molecule has 6 nitrogen and oxygen atoms in total. The molecule has 34 heavy (non-hydrogen) atoms. The van der Waals surface area contributed by atoms with Crippen molar-refractivity contribution in [2.75, 3.05) is 55.0 Å². The first-order chi connectivity index (χ1) is 16.1. The molecule has 1 unspecified atom stereocenters. The van der Waals surface area contributed by atoms with Crippen molar-refractivity contribution in [2.24, 2.45) is 0 Å². The first kappa shape index (κ1) is 28.2. The highest BCUT2D eigenvalue weighted by Crippen LogP contribution is 2.31.